The SMILES string of the molecule is Cc1nc2c(o1)=CCC(C(F)(F)F)C=2. The number of alkyl halides is 3. The van der Waals surface area contributed by atoms with Gasteiger partial charge in [0, 0.05) is 6.92 Å². The molecule has 5 heteroatoms. The van der Waals surface area contributed by atoms with Gasteiger partial charge in [-0.25, -0.2) is 4.98 Å². The van der Waals surface area contributed by atoms with Crippen molar-refractivity contribution in [3.63, 3.8) is 0 Å². The Balaban J connectivity index is 2.48. The molecule has 1 heterocycles. The monoisotopic (exact) mass is 203 g/mol. The Bertz CT molecular complexity index is 457. The molecule has 0 N–H and O–H groups in total. The van der Waals surface area contributed by atoms with Crippen LogP contribution in [0.25, 0.3) is 12.2 Å². The minimum Gasteiger partial charge on any atom is -0.441 e. The Hall–Kier alpha value is -1.26. The highest BCUT2D eigenvalue weighted by molar-refractivity contribution is 5.36. The zero-order valence-electron chi connectivity index (χ0n) is 7.43. The fraction of sp³-hybridized carbons (Fsp3) is 0.444. The third-order valence-corrected chi connectivity index (χ3v) is 2.12. The molecule has 0 bridgehead atoms. The standard InChI is InChI=1S/C9H8F3NO/c1-5-13-7-4-6(9(10,11)12)2-3-8(7)14-5/h3-4,6H,2H2,1H3. The van der Waals surface area contributed by atoms with Crippen LogP contribution in [0.5, 0.6) is 0 Å². The number of nitrogens with zero attached hydrogens (tertiary/aromatic N) is 1. The average molecular weight is 203 g/mol. The number of halogens is 3. The van der Waals surface area contributed by atoms with Crippen molar-refractivity contribution in [2.45, 2.75) is 19.5 Å². The van der Waals surface area contributed by atoms with E-state index in [4.69, 9.17) is 4.42 Å². The smallest absolute Gasteiger partial charge is 0.395 e. The van der Waals surface area contributed by atoms with Gasteiger partial charge in [-0.05, 0) is 18.6 Å². The van der Waals surface area contributed by atoms with Gasteiger partial charge in [0.15, 0.2) is 11.3 Å². The van der Waals surface area contributed by atoms with Gasteiger partial charge in [-0.1, -0.05) is 0 Å². The molecule has 2 nitrogen and oxygen atoms in total. The normalized spacial score (nSPS) is 21.0. The third kappa shape index (κ3) is 1.54. The van der Waals surface area contributed by atoms with Crippen molar-refractivity contribution in [3.8, 4) is 0 Å². The second kappa shape index (κ2) is 2.87. The lowest BCUT2D eigenvalue weighted by Gasteiger charge is -2.15. The zero-order chi connectivity index (χ0) is 10.3. The Morgan fingerprint density at radius 2 is 2.21 bits per heavy atom. The van der Waals surface area contributed by atoms with Crippen LogP contribution >= 0.6 is 0 Å². The third-order valence-electron chi connectivity index (χ3n) is 2.12. The van der Waals surface area contributed by atoms with Crippen molar-refractivity contribution in [3.05, 3.63) is 16.7 Å². The second-order valence-electron chi connectivity index (χ2n) is 3.24. The Kier molecular flexibility index (Phi) is 1.90. The quantitative estimate of drug-likeness (QED) is 0.631. The van der Waals surface area contributed by atoms with Crippen LogP contribution in [0.2, 0.25) is 0 Å². The predicted molar refractivity (Wildman–Crippen MR) is 43.6 cm³/mol. The molecule has 1 aliphatic rings. The van der Waals surface area contributed by atoms with Crippen molar-refractivity contribution in [1.29, 1.82) is 0 Å². The van der Waals surface area contributed by atoms with Crippen LogP contribution in [0.15, 0.2) is 4.42 Å². The average Bonchev–Trinajstić information content (AvgIpc) is 2.41. The molecule has 1 aliphatic carbocycles. The molecule has 0 aromatic carbocycles. The van der Waals surface area contributed by atoms with Crippen LogP contribution in [0.3, 0.4) is 0 Å². The number of rotatable bonds is 0. The molecule has 1 aromatic rings. The first-order valence-corrected chi connectivity index (χ1v) is 4.19. The molecule has 0 radical (unpaired) electrons. The van der Waals surface area contributed by atoms with E-state index in [0.717, 1.165) is 6.08 Å². The highest BCUT2D eigenvalue weighted by atomic mass is 19.4. The van der Waals surface area contributed by atoms with E-state index < -0.39 is 12.1 Å². The maximum absolute atomic E-state index is 12.3. The Labute approximate surface area is 77.7 Å². The van der Waals surface area contributed by atoms with Gasteiger partial charge in [-0.15, -0.1) is 0 Å². The molecule has 76 valence electrons. The van der Waals surface area contributed by atoms with Gasteiger partial charge in [0.25, 0.3) is 0 Å². The lowest BCUT2D eigenvalue weighted by Crippen LogP contribution is -2.32. The van der Waals surface area contributed by atoms with Gasteiger partial charge < -0.3 is 4.42 Å². The summed E-state index contributed by atoms with van der Waals surface area (Å²) in [5.74, 6) is -1.04. The van der Waals surface area contributed by atoms with Crippen molar-refractivity contribution in [2.75, 3.05) is 0 Å². The number of aromatic nitrogens is 1. The maximum atomic E-state index is 12.3. The maximum Gasteiger partial charge on any atom is 0.395 e. The summed E-state index contributed by atoms with van der Waals surface area (Å²) in [5, 5.41) is 0.302. The number of aryl methyl sites for hydroxylation is 1. The zero-order valence-corrected chi connectivity index (χ0v) is 7.43. The molecule has 1 atom stereocenters. The van der Waals surface area contributed by atoms with Gasteiger partial charge in [-0.2, -0.15) is 13.2 Å². The Morgan fingerprint density at radius 3 is 2.86 bits per heavy atom. The van der Waals surface area contributed by atoms with Crippen molar-refractivity contribution in [1.82, 2.24) is 4.98 Å². The first-order chi connectivity index (χ1) is 6.47. The van der Waals surface area contributed by atoms with Crippen LogP contribution in [0.4, 0.5) is 13.2 Å². The highest BCUT2D eigenvalue weighted by Crippen LogP contribution is 2.30. The number of oxazole rings is 1. The van der Waals surface area contributed by atoms with Gasteiger partial charge in [-0.3, -0.25) is 0 Å². The molecule has 1 unspecified atom stereocenters. The van der Waals surface area contributed by atoms with Crippen molar-refractivity contribution >= 4 is 12.2 Å². The summed E-state index contributed by atoms with van der Waals surface area (Å²) in [7, 11) is 0. The van der Waals surface area contributed by atoms with Crippen molar-refractivity contribution in [2.24, 2.45) is 5.92 Å². The highest BCUT2D eigenvalue weighted by Gasteiger charge is 2.38. The number of hydrogen-bond donors (Lipinski definition) is 0. The molecule has 1 aromatic heterocycles. The minimum absolute atomic E-state index is 0.0644. The molecule has 0 saturated heterocycles. The molecule has 14 heavy (non-hydrogen) atoms. The summed E-state index contributed by atoms with van der Waals surface area (Å²) < 4.78 is 42.1. The number of hydrogen-bond acceptors (Lipinski definition) is 2. The summed E-state index contributed by atoms with van der Waals surface area (Å²) in [6.45, 7) is 1.61. The molecular weight excluding hydrogens is 195 g/mol. The van der Waals surface area contributed by atoms with E-state index in [1.807, 2.05) is 0 Å². The summed E-state index contributed by atoms with van der Waals surface area (Å²) in [6, 6.07) is 0. The van der Waals surface area contributed by atoms with E-state index in [2.05, 4.69) is 4.98 Å². The summed E-state index contributed by atoms with van der Waals surface area (Å²) in [5.41, 5.74) is 0.447. The summed E-state index contributed by atoms with van der Waals surface area (Å²) in [4.78, 5) is 3.86. The Morgan fingerprint density at radius 1 is 1.50 bits per heavy atom. The molecule has 0 amide bonds. The summed E-state index contributed by atoms with van der Waals surface area (Å²) in [6.07, 6.45) is -1.70. The second-order valence-corrected chi connectivity index (χ2v) is 3.24. The van der Waals surface area contributed by atoms with Crippen LogP contribution in [-0.4, -0.2) is 11.2 Å². The fourth-order valence-electron chi connectivity index (χ4n) is 1.45. The largest absolute Gasteiger partial charge is 0.441 e. The first-order valence-electron chi connectivity index (χ1n) is 4.19. The van der Waals surface area contributed by atoms with Gasteiger partial charge in [0.2, 0.25) is 0 Å². The van der Waals surface area contributed by atoms with E-state index in [-0.39, 0.29) is 6.42 Å². The van der Waals surface area contributed by atoms with E-state index in [1.54, 1.807) is 6.92 Å². The molecular formula is C9H8F3NO. The molecule has 0 saturated carbocycles. The van der Waals surface area contributed by atoms with E-state index in [1.165, 1.54) is 6.08 Å². The van der Waals surface area contributed by atoms with Gasteiger partial charge in [0.05, 0.1) is 5.92 Å². The van der Waals surface area contributed by atoms with Crippen molar-refractivity contribution < 1.29 is 17.6 Å². The number of fused-ring (bicyclic) bond motifs is 1. The van der Waals surface area contributed by atoms with Gasteiger partial charge in [0.1, 0.15) is 5.35 Å². The van der Waals surface area contributed by atoms with Gasteiger partial charge >= 0.3 is 6.18 Å². The molecule has 0 aliphatic heterocycles. The fourth-order valence-corrected chi connectivity index (χ4v) is 1.45. The van der Waals surface area contributed by atoms with E-state index in [0.29, 0.717) is 16.7 Å². The topological polar surface area (TPSA) is 26.0 Å². The minimum atomic E-state index is -4.19. The molecule has 0 fully saturated rings. The van der Waals surface area contributed by atoms with Crippen LogP contribution < -0.4 is 10.8 Å². The van der Waals surface area contributed by atoms with Crippen LogP contribution in [0, 0.1) is 12.8 Å². The van der Waals surface area contributed by atoms with Crippen LogP contribution in [0.1, 0.15) is 12.3 Å². The predicted octanol–water partition coefficient (Wildman–Crippen LogP) is 1.13. The van der Waals surface area contributed by atoms with Crippen LogP contribution in [-0.2, 0) is 0 Å². The first kappa shape index (κ1) is 9.30. The molecule has 0 spiro atoms. The lowest BCUT2D eigenvalue weighted by atomic mass is 10.0. The van der Waals surface area contributed by atoms with E-state index in [9.17, 15) is 13.2 Å². The lowest BCUT2D eigenvalue weighted by molar-refractivity contribution is -0.155. The summed E-state index contributed by atoms with van der Waals surface area (Å²) >= 11 is 0. The molecule has 2 rings (SSSR count). The van der Waals surface area contributed by atoms with E-state index >= 15 is 0 Å².